The Morgan fingerprint density at radius 1 is 0.906 bits per heavy atom. The molecule has 1 atom stereocenters. The monoisotopic (exact) mass is 440 g/mol. The summed E-state index contributed by atoms with van der Waals surface area (Å²) in [7, 11) is 0. The SMILES string of the molecule is CCCCCCCCOc1ccc(C(=O)Oc2ccc(C(=O)O)c(C[C@@H](C)CC)c2)cc1. The number of aromatic carboxylic acids is 1. The van der Waals surface area contributed by atoms with Crippen molar-refractivity contribution in [3.05, 3.63) is 59.2 Å². The molecule has 174 valence electrons. The average molecular weight is 441 g/mol. The molecule has 0 bridgehead atoms. The van der Waals surface area contributed by atoms with Gasteiger partial charge in [0.15, 0.2) is 0 Å². The van der Waals surface area contributed by atoms with Gasteiger partial charge in [-0.05, 0) is 66.8 Å². The average Bonchev–Trinajstić information content (AvgIpc) is 2.78. The van der Waals surface area contributed by atoms with Crippen molar-refractivity contribution in [3.63, 3.8) is 0 Å². The number of hydrogen-bond acceptors (Lipinski definition) is 4. The number of carboxylic acid groups (broad SMARTS) is 1. The topological polar surface area (TPSA) is 72.8 Å². The van der Waals surface area contributed by atoms with Gasteiger partial charge in [0.1, 0.15) is 11.5 Å². The highest BCUT2D eigenvalue weighted by Crippen LogP contribution is 2.23. The van der Waals surface area contributed by atoms with Crippen molar-refractivity contribution < 1.29 is 24.2 Å². The minimum absolute atomic E-state index is 0.247. The van der Waals surface area contributed by atoms with Gasteiger partial charge >= 0.3 is 11.9 Å². The number of carbonyl (C=O) groups excluding carboxylic acids is 1. The van der Waals surface area contributed by atoms with Gasteiger partial charge in [0.05, 0.1) is 17.7 Å². The maximum Gasteiger partial charge on any atom is 0.343 e. The summed E-state index contributed by atoms with van der Waals surface area (Å²) >= 11 is 0. The molecule has 5 heteroatoms. The minimum atomic E-state index is -0.974. The standard InChI is InChI=1S/C27H36O5/c1-4-6-7-8-9-10-17-31-23-13-11-21(12-14-23)27(30)32-24-15-16-25(26(28)29)22(19-24)18-20(3)5-2/h11-16,19-20H,4-10,17-18H2,1-3H3,(H,28,29)/t20-/m0/s1. The Labute approximate surface area is 191 Å². The largest absolute Gasteiger partial charge is 0.494 e. The van der Waals surface area contributed by atoms with Crippen LogP contribution in [0, 0.1) is 5.92 Å². The van der Waals surface area contributed by atoms with Crippen molar-refractivity contribution in [1.29, 1.82) is 0 Å². The second-order valence-electron chi connectivity index (χ2n) is 8.37. The fourth-order valence-corrected chi connectivity index (χ4v) is 3.46. The Morgan fingerprint density at radius 2 is 1.56 bits per heavy atom. The van der Waals surface area contributed by atoms with Crippen LogP contribution >= 0.6 is 0 Å². The first-order chi connectivity index (χ1) is 15.4. The first kappa shape index (κ1) is 25.4. The number of rotatable bonds is 14. The van der Waals surface area contributed by atoms with Crippen LogP contribution in [-0.4, -0.2) is 23.7 Å². The molecule has 0 heterocycles. The second-order valence-corrected chi connectivity index (χ2v) is 8.37. The Hall–Kier alpha value is -2.82. The molecule has 0 spiro atoms. The normalized spacial score (nSPS) is 11.7. The second kappa shape index (κ2) is 13.6. The molecule has 0 radical (unpaired) electrons. The molecule has 2 aromatic carbocycles. The Kier molecular flexibility index (Phi) is 10.8. The molecule has 0 saturated carbocycles. The van der Waals surface area contributed by atoms with Crippen LogP contribution in [0.1, 0.15) is 92.0 Å². The maximum absolute atomic E-state index is 12.5. The molecule has 0 aromatic heterocycles. The predicted octanol–water partition coefficient (Wildman–Crippen LogP) is 6.93. The third kappa shape index (κ3) is 8.37. The lowest BCUT2D eigenvalue weighted by molar-refractivity contribution is 0.0695. The number of benzene rings is 2. The van der Waals surface area contributed by atoms with E-state index in [0.717, 1.165) is 18.6 Å². The van der Waals surface area contributed by atoms with Crippen molar-refractivity contribution >= 4 is 11.9 Å². The molecule has 1 N–H and O–H groups in total. The molecular weight excluding hydrogens is 404 g/mol. The molecular formula is C27H36O5. The third-order valence-electron chi connectivity index (χ3n) is 5.64. The molecule has 0 aliphatic rings. The van der Waals surface area contributed by atoms with Gasteiger partial charge in [0, 0.05) is 0 Å². The lowest BCUT2D eigenvalue weighted by Gasteiger charge is -2.13. The number of carbonyl (C=O) groups is 2. The van der Waals surface area contributed by atoms with Crippen molar-refractivity contribution in [3.8, 4) is 11.5 Å². The van der Waals surface area contributed by atoms with Crippen LogP contribution in [0.15, 0.2) is 42.5 Å². The van der Waals surface area contributed by atoms with E-state index >= 15 is 0 Å². The zero-order chi connectivity index (χ0) is 23.3. The van der Waals surface area contributed by atoms with Crippen molar-refractivity contribution in [1.82, 2.24) is 0 Å². The van der Waals surface area contributed by atoms with E-state index in [1.807, 2.05) is 0 Å². The molecule has 0 aliphatic heterocycles. The van der Waals surface area contributed by atoms with Gasteiger partial charge in [0.2, 0.25) is 0 Å². The van der Waals surface area contributed by atoms with Crippen molar-refractivity contribution in [2.24, 2.45) is 5.92 Å². The fourth-order valence-electron chi connectivity index (χ4n) is 3.46. The Balaban J connectivity index is 1.92. The number of ether oxygens (including phenoxy) is 2. The third-order valence-corrected chi connectivity index (χ3v) is 5.64. The van der Waals surface area contributed by atoms with Gasteiger partial charge in [-0.3, -0.25) is 0 Å². The van der Waals surface area contributed by atoms with Gasteiger partial charge < -0.3 is 14.6 Å². The highest BCUT2D eigenvalue weighted by molar-refractivity contribution is 5.92. The summed E-state index contributed by atoms with van der Waals surface area (Å²) in [6.45, 7) is 7.02. The van der Waals surface area contributed by atoms with Gasteiger partial charge in [-0.2, -0.15) is 0 Å². The van der Waals surface area contributed by atoms with Crippen LogP contribution in [-0.2, 0) is 6.42 Å². The number of carboxylic acids is 1. The van der Waals surface area contributed by atoms with E-state index in [1.165, 1.54) is 44.2 Å². The van der Waals surface area contributed by atoms with Crippen LogP contribution in [0.5, 0.6) is 11.5 Å². The van der Waals surface area contributed by atoms with E-state index in [9.17, 15) is 14.7 Å². The summed E-state index contributed by atoms with van der Waals surface area (Å²) < 4.78 is 11.3. The summed E-state index contributed by atoms with van der Waals surface area (Å²) in [5, 5.41) is 9.43. The molecule has 32 heavy (non-hydrogen) atoms. The highest BCUT2D eigenvalue weighted by atomic mass is 16.5. The van der Waals surface area contributed by atoms with E-state index in [2.05, 4.69) is 20.8 Å². The first-order valence-electron chi connectivity index (χ1n) is 11.8. The van der Waals surface area contributed by atoms with Crippen LogP contribution in [0.4, 0.5) is 0 Å². The van der Waals surface area contributed by atoms with Gasteiger partial charge in [0.25, 0.3) is 0 Å². The van der Waals surface area contributed by atoms with Crippen LogP contribution in [0.3, 0.4) is 0 Å². The van der Waals surface area contributed by atoms with E-state index in [0.29, 0.717) is 35.8 Å². The Morgan fingerprint density at radius 3 is 2.22 bits per heavy atom. The van der Waals surface area contributed by atoms with E-state index in [4.69, 9.17) is 9.47 Å². The van der Waals surface area contributed by atoms with Crippen molar-refractivity contribution in [2.45, 2.75) is 72.1 Å². The zero-order valence-corrected chi connectivity index (χ0v) is 19.6. The summed E-state index contributed by atoms with van der Waals surface area (Å²) in [6.07, 6.45) is 8.83. The van der Waals surface area contributed by atoms with Crippen LogP contribution in [0.25, 0.3) is 0 Å². The summed E-state index contributed by atoms with van der Waals surface area (Å²) in [6, 6.07) is 11.6. The van der Waals surface area contributed by atoms with E-state index in [1.54, 1.807) is 30.3 Å². The number of esters is 1. The van der Waals surface area contributed by atoms with Crippen molar-refractivity contribution in [2.75, 3.05) is 6.61 Å². The van der Waals surface area contributed by atoms with E-state index in [-0.39, 0.29) is 5.56 Å². The molecule has 2 rings (SSSR count). The van der Waals surface area contributed by atoms with Gasteiger partial charge in [-0.25, -0.2) is 9.59 Å². The lowest BCUT2D eigenvalue weighted by atomic mass is 9.95. The van der Waals surface area contributed by atoms with Gasteiger partial charge in [-0.1, -0.05) is 59.3 Å². The first-order valence-corrected chi connectivity index (χ1v) is 11.8. The number of hydrogen-bond donors (Lipinski definition) is 1. The molecule has 5 nitrogen and oxygen atoms in total. The quantitative estimate of drug-likeness (QED) is 0.196. The summed E-state index contributed by atoms with van der Waals surface area (Å²) in [4.78, 5) is 24.1. The molecule has 2 aromatic rings. The zero-order valence-electron chi connectivity index (χ0n) is 19.6. The molecule has 0 fully saturated rings. The number of unbranched alkanes of at least 4 members (excludes halogenated alkanes) is 5. The lowest BCUT2D eigenvalue weighted by Crippen LogP contribution is -2.11. The summed E-state index contributed by atoms with van der Waals surface area (Å²) in [5.41, 5.74) is 1.34. The molecule has 0 unspecified atom stereocenters. The smallest absolute Gasteiger partial charge is 0.343 e. The van der Waals surface area contributed by atoms with E-state index < -0.39 is 11.9 Å². The highest BCUT2D eigenvalue weighted by Gasteiger charge is 2.15. The molecule has 0 amide bonds. The predicted molar refractivity (Wildman–Crippen MR) is 127 cm³/mol. The minimum Gasteiger partial charge on any atom is -0.494 e. The maximum atomic E-state index is 12.5. The van der Waals surface area contributed by atoms with Crippen LogP contribution in [0.2, 0.25) is 0 Å². The fraction of sp³-hybridized carbons (Fsp3) is 0.481. The molecule has 0 aliphatic carbocycles. The molecule has 0 saturated heterocycles. The van der Waals surface area contributed by atoms with Gasteiger partial charge in [-0.15, -0.1) is 0 Å². The summed E-state index contributed by atoms with van der Waals surface area (Å²) in [5.74, 6) is -0.0378. The van der Waals surface area contributed by atoms with Crippen LogP contribution < -0.4 is 9.47 Å². The Bertz CT molecular complexity index is 857.